The lowest BCUT2D eigenvalue weighted by Crippen LogP contribution is -2.36. The fraction of sp³-hybridized carbons (Fsp3) is 0.412. The topological polar surface area (TPSA) is 75.6 Å². The number of rotatable bonds is 5. The molecule has 0 aliphatic heterocycles. The summed E-state index contributed by atoms with van der Waals surface area (Å²) in [4.78, 5) is 24.1. The van der Waals surface area contributed by atoms with Gasteiger partial charge >= 0.3 is 5.97 Å². The van der Waals surface area contributed by atoms with Gasteiger partial charge in [-0.2, -0.15) is 0 Å². The number of hydrogen-bond acceptors (Lipinski definition) is 3. The third-order valence-corrected chi connectivity index (χ3v) is 4.49. The Morgan fingerprint density at radius 3 is 2.59 bits per heavy atom. The minimum absolute atomic E-state index is 0.0188. The molecule has 0 saturated heterocycles. The maximum absolute atomic E-state index is 12.6. The predicted octanol–water partition coefficient (Wildman–Crippen LogP) is 2.55. The van der Waals surface area contributed by atoms with E-state index >= 15 is 0 Å². The van der Waals surface area contributed by atoms with Crippen LogP contribution in [0.2, 0.25) is 0 Å². The second kappa shape index (κ2) is 5.83. The van der Waals surface area contributed by atoms with Crippen molar-refractivity contribution in [2.24, 2.45) is 23.7 Å². The summed E-state index contributed by atoms with van der Waals surface area (Å²) in [6.07, 6.45) is 4.66. The molecule has 0 spiro atoms. The van der Waals surface area contributed by atoms with E-state index in [2.05, 4.69) is 5.32 Å². The average molecular weight is 301 g/mol. The zero-order valence-corrected chi connectivity index (χ0v) is 12.4. The Hall–Kier alpha value is -2.30. The molecule has 116 valence electrons. The number of allylic oxidation sites excluding steroid dienone is 2. The van der Waals surface area contributed by atoms with Gasteiger partial charge in [0.05, 0.1) is 24.1 Å². The van der Waals surface area contributed by atoms with Crippen LogP contribution in [0.15, 0.2) is 36.4 Å². The number of fused-ring (bicyclic) bond motifs is 2. The molecule has 2 aliphatic carbocycles. The Morgan fingerprint density at radius 2 is 1.91 bits per heavy atom. The molecular weight excluding hydrogens is 282 g/mol. The maximum atomic E-state index is 12.6. The van der Waals surface area contributed by atoms with Gasteiger partial charge < -0.3 is 15.2 Å². The average Bonchev–Trinajstić information content (AvgIpc) is 3.10. The van der Waals surface area contributed by atoms with Crippen LogP contribution in [0.5, 0.6) is 5.75 Å². The van der Waals surface area contributed by atoms with Crippen LogP contribution in [0, 0.1) is 23.7 Å². The number of ether oxygens (including phenoxy) is 1. The van der Waals surface area contributed by atoms with Crippen LogP contribution < -0.4 is 10.1 Å². The number of benzene rings is 1. The first-order valence-electron chi connectivity index (χ1n) is 7.55. The van der Waals surface area contributed by atoms with Crippen LogP contribution in [0.25, 0.3) is 0 Å². The Balaban J connectivity index is 1.80. The van der Waals surface area contributed by atoms with E-state index in [0.29, 0.717) is 18.0 Å². The van der Waals surface area contributed by atoms with Gasteiger partial charge in [-0.3, -0.25) is 9.59 Å². The van der Waals surface area contributed by atoms with E-state index in [1.807, 2.05) is 31.2 Å². The molecule has 2 bridgehead atoms. The van der Waals surface area contributed by atoms with Crippen molar-refractivity contribution in [1.29, 1.82) is 0 Å². The van der Waals surface area contributed by atoms with Gasteiger partial charge in [0.15, 0.2) is 0 Å². The normalized spacial score (nSPS) is 28.6. The van der Waals surface area contributed by atoms with Crippen LogP contribution in [0.4, 0.5) is 5.69 Å². The highest BCUT2D eigenvalue weighted by atomic mass is 16.5. The van der Waals surface area contributed by atoms with E-state index in [9.17, 15) is 14.7 Å². The lowest BCUT2D eigenvalue weighted by molar-refractivity contribution is -0.146. The van der Waals surface area contributed by atoms with Crippen LogP contribution >= 0.6 is 0 Å². The summed E-state index contributed by atoms with van der Waals surface area (Å²) in [5, 5.41) is 12.3. The minimum atomic E-state index is -0.893. The number of carbonyl (C=O) groups is 2. The van der Waals surface area contributed by atoms with Crippen LogP contribution in [-0.2, 0) is 9.59 Å². The van der Waals surface area contributed by atoms with Crippen molar-refractivity contribution in [3.8, 4) is 5.75 Å². The fourth-order valence-electron chi connectivity index (χ4n) is 3.58. The molecule has 5 nitrogen and oxygen atoms in total. The molecular formula is C17H19NO4. The van der Waals surface area contributed by atoms with Crippen molar-refractivity contribution < 1.29 is 19.4 Å². The van der Waals surface area contributed by atoms with Crippen LogP contribution in [-0.4, -0.2) is 23.6 Å². The Kier molecular flexibility index (Phi) is 3.88. The third-order valence-electron chi connectivity index (χ3n) is 4.49. The smallest absolute Gasteiger partial charge is 0.307 e. The fourth-order valence-corrected chi connectivity index (χ4v) is 3.58. The van der Waals surface area contributed by atoms with Gasteiger partial charge in [0.1, 0.15) is 5.75 Å². The molecule has 3 rings (SSSR count). The second-order valence-electron chi connectivity index (χ2n) is 5.76. The van der Waals surface area contributed by atoms with E-state index in [1.54, 1.807) is 12.1 Å². The maximum Gasteiger partial charge on any atom is 0.307 e. The number of para-hydroxylation sites is 2. The zero-order valence-electron chi connectivity index (χ0n) is 12.4. The number of carbonyl (C=O) groups excluding carboxylic acids is 1. The summed E-state index contributed by atoms with van der Waals surface area (Å²) in [6, 6.07) is 7.20. The molecule has 2 N–H and O–H groups in total. The summed E-state index contributed by atoms with van der Waals surface area (Å²) in [5.41, 5.74) is 0.588. The van der Waals surface area contributed by atoms with Crippen molar-refractivity contribution in [1.82, 2.24) is 0 Å². The lowest BCUT2D eigenvalue weighted by Gasteiger charge is -2.24. The largest absolute Gasteiger partial charge is 0.492 e. The summed E-state index contributed by atoms with van der Waals surface area (Å²) < 4.78 is 5.49. The molecule has 0 unspecified atom stereocenters. The summed E-state index contributed by atoms with van der Waals surface area (Å²) in [6.45, 7) is 2.38. The number of amides is 1. The predicted molar refractivity (Wildman–Crippen MR) is 81.6 cm³/mol. The molecule has 0 aromatic heterocycles. The van der Waals surface area contributed by atoms with E-state index in [-0.39, 0.29) is 17.7 Å². The van der Waals surface area contributed by atoms with Crippen molar-refractivity contribution in [2.45, 2.75) is 13.3 Å². The lowest BCUT2D eigenvalue weighted by atomic mass is 9.82. The summed E-state index contributed by atoms with van der Waals surface area (Å²) in [5.74, 6) is -1.68. The molecule has 1 aromatic carbocycles. The van der Waals surface area contributed by atoms with Gasteiger partial charge in [-0.05, 0) is 37.3 Å². The van der Waals surface area contributed by atoms with E-state index < -0.39 is 17.8 Å². The van der Waals surface area contributed by atoms with Crippen LogP contribution in [0.1, 0.15) is 13.3 Å². The van der Waals surface area contributed by atoms with Gasteiger partial charge in [0.25, 0.3) is 0 Å². The molecule has 1 fully saturated rings. The van der Waals surface area contributed by atoms with Gasteiger partial charge in [-0.25, -0.2) is 0 Å². The van der Waals surface area contributed by atoms with Gasteiger partial charge in [0, 0.05) is 0 Å². The molecule has 0 heterocycles. The van der Waals surface area contributed by atoms with Crippen molar-refractivity contribution in [3.63, 3.8) is 0 Å². The molecule has 1 amide bonds. The number of nitrogens with one attached hydrogen (secondary N) is 1. The highest BCUT2D eigenvalue weighted by Crippen LogP contribution is 2.48. The third kappa shape index (κ3) is 2.47. The Labute approximate surface area is 129 Å². The zero-order chi connectivity index (χ0) is 15.7. The first-order valence-corrected chi connectivity index (χ1v) is 7.55. The second-order valence-corrected chi connectivity index (χ2v) is 5.76. The van der Waals surface area contributed by atoms with Crippen molar-refractivity contribution >= 4 is 17.6 Å². The number of carboxylic acids is 1. The monoisotopic (exact) mass is 301 g/mol. The van der Waals surface area contributed by atoms with E-state index in [4.69, 9.17) is 4.74 Å². The quantitative estimate of drug-likeness (QED) is 0.820. The standard InChI is InChI=1S/C17H19NO4/c1-2-22-13-6-4-3-5-12(13)18-16(19)14-10-7-8-11(9-10)15(14)17(20)21/h3-8,10-11,14-15H,2,9H2,1H3,(H,18,19)(H,20,21)/t10-,11+,14-,15-/m0/s1. The molecule has 0 radical (unpaired) electrons. The van der Waals surface area contributed by atoms with Gasteiger partial charge in [-0.15, -0.1) is 0 Å². The molecule has 1 aromatic rings. The van der Waals surface area contributed by atoms with Crippen LogP contribution in [0.3, 0.4) is 0 Å². The highest BCUT2D eigenvalue weighted by molar-refractivity contribution is 5.97. The summed E-state index contributed by atoms with van der Waals surface area (Å²) >= 11 is 0. The van der Waals surface area contributed by atoms with E-state index in [1.165, 1.54) is 0 Å². The number of carboxylic acid groups (broad SMARTS) is 1. The number of anilines is 1. The highest BCUT2D eigenvalue weighted by Gasteiger charge is 2.51. The Morgan fingerprint density at radius 1 is 1.23 bits per heavy atom. The molecule has 5 heteroatoms. The number of aliphatic carboxylic acids is 1. The molecule has 2 aliphatic rings. The van der Waals surface area contributed by atoms with Crippen molar-refractivity contribution in [3.05, 3.63) is 36.4 Å². The van der Waals surface area contributed by atoms with E-state index in [0.717, 1.165) is 6.42 Å². The Bertz CT molecular complexity index is 625. The SMILES string of the molecule is CCOc1ccccc1NC(=O)[C@@H]1[C@@H](C(=O)O)[C@@H]2C=C[C@H]1C2. The van der Waals surface area contributed by atoms with Crippen molar-refractivity contribution in [2.75, 3.05) is 11.9 Å². The molecule has 1 saturated carbocycles. The summed E-state index contributed by atoms with van der Waals surface area (Å²) in [7, 11) is 0. The first kappa shape index (κ1) is 14.6. The molecule has 4 atom stereocenters. The number of hydrogen-bond donors (Lipinski definition) is 2. The molecule has 22 heavy (non-hydrogen) atoms. The minimum Gasteiger partial charge on any atom is -0.492 e. The van der Waals surface area contributed by atoms with Gasteiger partial charge in [0.2, 0.25) is 5.91 Å². The van der Waals surface area contributed by atoms with Gasteiger partial charge in [-0.1, -0.05) is 24.3 Å². The first-order chi connectivity index (χ1) is 10.6.